The first-order valence-electron chi connectivity index (χ1n) is 7.43. The van der Waals surface area contributed by atoms with Crippen LogP contribution in [-0.4, -0.2) is 19.0 Å². The number of ether oxygens (including phenoxy) is 2. The van der Waals surface area contributed by atoms with E-state index in [-0.39, 0.29) is 5.97 Å². The van der Waals surface area contributed by atoms with Crippen LogP contribution in [0.4, 0.5) is 0 Å². The molecule has 0 unspecified atom stereocenters. The van der Waals surface area contributed by atoms with Crippen molar-refractivity contribution < 1.29 is 14.3 Å². The molecule has 21 heavy (non-hydrogen) atoms. The van der Waals surface area contributed by atoms with Gasteiger partial charge in [-0.1, -0.05) is 37.5 Å². The number of rotatable bonds is 3. The van der Waals surface area contributed by atoms with Crippen molar-refractivity contribution in [2.24, 2.45) is 10.9 Å². The van der Waals surface area contributed by atoms with E-state index >= 15 is 0 Å². The predicted molar refractivity (Wildman–Crippen MR) is 81.1 cm³/mol. The number of hydrogen-bond acceptors (Lipinski definition) is 4. The smallest absolute Gasteiger partial charge is 0.363 e. The van der Waals surface area contributed by atoms with E-state index in [0.717, 1.165) is 24.2 Å². The van der Waals surface area contributed by atoms with Gasteiger partial charge in [-0.2, -0.15) is 0 Å². The highest BCUT2D eigenvalue weighted by atomic mass is 16.6. The van der Waals surface area contributed by atoms with Gasteiger partial charge in [0, 0.05) is 11.5 Å². The van der Waals surface area contributed by atoms with Crippen molar-refractivity contribution in [1.29, 1.82) is 0 Å². The zero-order valence-corrected chi connectivity index (χ0v) is 12.2. The van der Waals surface area contributed by atoms with Crippen LogP contribution in [0, 0.1) is 5.92 Å². The summed E-state index contributed by atoms with van der Waals surface area (Å²) in [5.41, 5.74) is 1.20. The Labute approximate surface area is 124 Å². The minimum atomic E-state index is -0.360. The molecule has 0 aromatic heterocycles. The molecule has 0 saturated heterocycles. The standard InChI is InChI=1S/C17H19NO3/c1-20-15-10-6-5-9-13(15)11-14-17(19)21-16(18-14)12-7-3-2-4-8-12/h5-6,9-12H,2-4,7-8H2,1H3. The van der Waals surface area contributed by atoms with Crippen molar-refractivity contribution >= 4 is 17.9 Å². The summed E-state index contributed by atoms with van der Waals surface area (Å²) < 4.78 is 10.6. The van der Waals surface area contributed by atoms with Crippen LogP contribution in [0.25, 0.3) is 6.08 Å². The SMILES string of the molecule is COc1ccccc1C=C1N=C(C2CCCCC2)OC1=O. The van der Waals surface area contributed by atoms with Crippen molar-refractivity contribution in [2.45, 2.75) is 32.1 Å². The Morgan fingerprint density at radius 3 is 2.76 bits per heavy atom. The second kappa shape index (κ2) is 6.12. The van der Waals surface area contributed by atoms with E-state index < -0.39 is 0 Å². The first-order chi connectivity index (χ1) is 10.3. The second-order valence-electron chi connectivity index (χ2n) is 5.45. The average molecular weight is 285 g/mol. The van der Waals surface area contributed by atoms with Gasteiger partial charge >= 0.3 is 5.97 Å². The third-order valence-corrected chi connectivity index (χ3v) is 4.02. The number of benzene rings is 1. The van der Waals surface area contributed by atoms with Gasteiger partial charge in [-0.05, 0) is 25.0 Å². The lowest BCUT2D eigenvalue weighted by Gasteiger charge is -2.19. The van der Waals surface area contributed by atoms with E-state index in [1.165, 1.54) is 19.3 Å². The highest BCUT2D eigenvalue weighted by molar-refractivity contribution is 6.08. The fraction of sp³-hybridized carbons (Fsp3) is 0.412. The van der Waals surface area contributed by atoms with Gasteiger partial charge < -0.3 is 9.47 Å². The molecule has 1 aromatic carbocycles. The molecule has 110 valence electrons. The molecule has 1 saturated carbocycles. The number of cyclic esters (lactones) is 1. The number of methoxy groups -OCH3 is 1. The van der Waals surface area contributed by atoms with E-state index in [4.69, 9.17) is 9.47 Å². The Kier molecular flexibility index (Phi) is 4.04. The third kappa shape index (κ3) is 2.99. The number of aliphatic imine (C=N–C) groups is 1. The first kappa shape index (κ1) is 13.9. The summed E-state index contributed by atoms with van der Waals surface area (Å²) in [7, 11) is 1.61. The molecule has 0 atom stereocenters. The maximum Gasteiger partial charge on any atom is 0.363 e. The van der Waals surface area contributed by atoms with Crippen LogP contribution in [-0.2, 0) is 9.53 Å². The Morgan fingerprint density at radius 2 is 2.00 bits per heavy atom. The van der Waals surface area contributed by atoms with E-state index in [2.05, 4.69) is 4.99 Å². The minimum Gasteiger partial charge on any atom is -0.496 e. The Morgan fingerprint density at radius 1 is 1.24 bits per heavy atom. The number of para-hydroxylation sites is 1. The molecule has 0 amide bonds. The lowest BCUT2D eigenvalue weighted by Crippen LogP contribution is -2.19. The number of hydrogen-bond donors (Lipinski definition) is 0. The molecule has 0 radical (unpaired) electrons. The predicted octanol–water partition coefficient (Wildman–Crippen LogP) is 3.57. The number of carbonyl (C=O) groups excluding carboxylic acids is 1. The van der Waals surface area contributed by atoms with Gasteiger partial charge in [0.1, 0.15) is 5.75 Å². The Balaban J connectivity index is 1.85. The van der Waals surface area contributed by atoms with Crippen molar-refractivity contribution in [3.8, 4) is 5.75 Å². The highest BCUT2D eigenvalue weighted by Gasteiger charge is 2.30. The first-order valence-corrected chi connectivity index (χ1v) is 7.43. The largest absolute Gasteiger partial charge is 0.496 e. The van der Waals surface area contributed by atoms with Crippen molar-refractivity contribution in [1.82, 2.24) is 0 Å². The van der Waals surface area contributed by atoms with E-state index in [1.54, 1.807) is 13.2 Å². The lowest BCUT2D eigenvalue weighted by molar-refractivity contribution is -0.130. The zero-order chi connectivity index (χ0) is 14.7. The second-order valence-corrected chi connectivity index (χ2v) is 5.45. The summed E-state index contributed by atoms with van der Waals surface area (Å²) in [5, 5.41) is 0. The van der Waals surface area contributed by atoms with E-state index in [0.29, 0.717) is 17.5 Å². The molecular formula is C17H19NO3. The normalized spacial score (nSPS) is 21.3. The monoisotopic (exact) mass is 285 g/mol. The molecule has 4 heteroatoms. The van der Waals surface area contributed by atoms with Crippen LogP contribution in [0.1, 0.15) is 37.7 Å². The Bertz CT molecular complexity index is 598. The highest BCUT2D eigenvalue weighted by Crippen LogP contribution is 2.30. The molecule has 1 aliphatic carbocycles. The average Bonchev–Trinajstić information content (AvgIpc) is 2.90. The molecule has 1 fully saturated rings. The molecule has 0 spiro atoms. The maximum atomic E-state index is 12.0. The molecule has 1 heterocycles. The molecule has 4 nitrogen and oxygen atoms in total. The summed E-state index contributed by atoms with van der Waals surface area (Å²) >= 11 is 0. The van der Waals surface area contributed by atoms with Crippen molar-refractivity contribution in [2.75, 3.05) is 7.11 Å². The van der Waals surface area contributed by atoms with Crippen LogP contribution in [0.15, 0.2) is 35.0 Å². The molecular weight excluding hydrogens is 266 g/mol. The molecule has 0 bridgehead atoms. The van der Waals surface area contributed by atoms with Gasteiger partial charge in [0.2, 0.25) is 5.90 Å². The van der Waals surface area contributed by atoms with Crippen LogP contribution in [0.2, 0.25) is 0 Å². The third-order valence-electron chi connectivity index (χ3n) is 4.02. The molecule has 1 aromatic rings. The van der Waals surface area contributed by atoms with E-state index in [9.17, 15) is 4.79 Å². The van der Waals surface area contributed by atoms with Gasteiger partial charge in [-0.15, -0.1) is 0 Å². The summed E-state index contributed by atoms with van der Waals surface area (Å²) in [6.07, 6.45) is 7.50. The lowest BCUT2D eigenvalue weighted by atomic mass is 9.89. The van der Waals surface area contributed by atoms with Crippen LogP contribution >= 0.6 is 0 Å². The van der Waals surface area contributed by atoms with E-state index in [1.807, 2.05) is 24.3 Å². The quantitative estimate of drug-likeness (QED) is 0.630. The summed E-state index contributed by atoms with van der Waals surface area (Å²) in [6.45, 7) is 0. The van der Waals surface area contributed by atoms with Gasteiger partial charge in [0.15, 0.2) is 5.70 Å². The van der Waals surface area contributed by atoms with Crippen LogP contribution < -0.4 is 4.74 Å². The minimum absolute atomic E-state index is 0.297. The molecule has 3 rings (SSSR count). The Hall–Kier alpha value is -2.10. The summed E-state index contributed by atoms with van der Waals surface area (Å²) in [6, 6.07) is 7.55. The fourth-order valence-corrected chi connectivity index (χ4v) is 2.88. The maximum absolute atomic E-state index is 12.0. The number of nitrogens with zero attached hydrogens (tertiary/aromatic N) is 1. The summed E-state index contributed by atoms with van der Waals surface area (Å²) in [4.78, 5) is 16.4. The molecule has 0 N–H and O–H groups in total. The number of esters is 1. The van der Waals surface area contributed by atoms with Gasteiger partial charge in [-0.25, -0.2) is 9.79 Å². The van der Waals surface area contributed by atoms with Crippen LogP contribution in [0.5, 0.6) is 5.75 Å². The topological polar surface area (TPSA) is 47.9 Å². The van der Waals surface area contributed by atoms with Crippen molar-refractivity contribution in [3.05, 3.63) is 35.5 Å². The van der Waals surface area contributed by atoms with Gasteiger partial charge in [0.05, 0.1) is 7.11 Å². The fourth-order valence-electron chi connectivity index (χ4n) is 2.88. The molecule has 2 aliphatic rings. The van der Waals surface area contributed by atoms with Gasteiger partial charge in [-0.3, -0.25) is 0 Å². The van der Waals surface area contributed by atoms with Crippen LogP contribution in [0.3, 0.4) is 0 Å². The van der Waals surface area contributed by atoms with Crippen molar-refractivity contribution in [3.63, 3.8) is 0 Å². The number of carbonyl (C=O) groups is 1. The zero-order valence-electron chi connectivity index (χ0n) is 12.2. The van der Waals surface area contributed by atoms with Gasteiger partial charge in [0.25, 0.3) is 0 Å². The summed E-state index contributed by atoms with van der Waals surface area (Å²) in [5.74, 6) is 1.26. The molecule has 1 aliphatic heterocycles.